The molecule has 1 aromatic rings. The molecular formula is C15H22BrNO. The van der Waals surface area contributed by atoms with Crippen LogP contribution in [-0.2, 0) is 0 Å². The van der Waals surface area contributed by atoms with E-state index in [4.69, 9.17) is 10.5 Å². The lowest BCUT2D eigenvalue weighted by Crippen LogP contribution is -2.08. The highest BCUT2D eigenvalue weighted by Gasteiger charge is 2.08. The Morgan fingerprint density at radius 2 is 2.17 bits per heavy atom. The van der Waals surface area contributed by atoms with Crippen molar-refractivity contribution in [2.45, 2.75) is 38.6 Å². The van der Waals surface area contributed by atoms with Crippen LogP contribution in [0.3, 0.4) is 0 Å². The summed E-state index contributed by atoms with van der Waals surface area (Å²) in [6.07, 6.45) is 6.48. The average Bonchev–Trinajstić information content (AvgIpc) is 2.35. The number of unbranched alkanes of at least 4 members (excludes halogenated alkanes) is 3. The summed E-state index contributed by atoms with van der Waals surface area (Å²) in [7, 11) is 0. The van der Waals surface area contributed by atoms with E-state index in [1.54, 1.807) is 0 Å². The van der Waals surface area contributed by atoms with E-state index in [-0.39, 0.29) is 6.04 Å². The van der Waals surface area contributed by atoms with Crippen LogP contribution in [0.15, 0.2) is 35.3 Å². The highest BCUT2D eigenvalue weighted by Crippen LogP contribution is 2.27. The van der Waals surface area contributed by atoms with Crippen LogP contribution in [0.4, 0.5) is 0 Å². The van der Waals surface area contributed by atoms with E-state index in [1.807, 2.05) is 31.2 Å². The molecule has 18 heavy (non-hydrogen) atoms. The number of hydrogen-bond acceptors (Lipinski definition) is 2. The fraction of sp³-hybridized carbons (Fsp3) is 0.467. The molecule has 0 amide bonds. The number of allylic oxidation sites excluding steroid dienone is 1. The van der Waals surface area contributed by atoms with E-state index < -0.39 is 0 Å². The summed E-state index contributed by atoms with van der Waals surface area (Å²) in [5, 5.41) is 0. The van der Waals surface area contributed by atoms with Crippen molar-refractivity contribution in [3.8, 4) is 5.75 Å². The van der Waals surface area contributed by atoms with Gasteiger partial charge in [-0.2, -0.15) is 0 Å². The molecule has 0 radical (unpaired) electrons. The molecule has 0 fully saturated rings. The summed E-state index contributed by atoms with van der Waals surface area (Å²) in [5.41, 5.74) is 6.99. The van der Waals surface area contributed by atoms with E-state index >= 15 is 0 Å². The first-order valence-electron chi connectivity index (χ1n) is 6.44. The van der Waals surface area contributed by atoms with Gasteiger partial charge in [0.1, 0.15) is 5.75 Å². The van der Waals surface area contributed by atoms with E-state index in [0.717, 1.165) is 35.2 Å². The van der Waals surface area contributed by atoms with Crippen molar-refractivity contribution in [3.05, 3.63) is 40.9 Å². The van der Waals surface area contributed by atoms with Crippen molar-refractivity contribution < 1.29 is 4.74 Å². The highest BCUT2D eigenvalue weighted by atomic mass is 79.9. The zero-order chi connectivity index (χ0) is 13.4. The van der Waals surface area contributed by atoms with Gasteiger partial charge < -0.3 is 10.5 Å². The van der Waals surface area contributed by atoms with Crippen molar-refractivity contribution in [3.63, 3.8) is 0 Å². The molecular weight excluding hydrogens is 290 g/mol. The molecule has 0 aliphatic heterocycles. The van der Waals surface area contributed by atoms with Crippen molar-refractivity contribution in [2.75, 3.05) is 6.61 Å². The lowest BCUT2D eigenvalue weighted by molar-refractivity contribution is 0.301. The van der Waals surface area contributed by atoms with Crippen LogP contribution in [0.5, 0.6) is 5.75 Å². The predicted molar refractivity (Wildman–Crippen MR) is 80.9 cm³/mol. The van der Waals surface area contributed by atoms with Gasteiger partial charge in [-0.05, 0) is 50.8 Å². The summed E-state index contributed by atoms with van der Waals surface area (Å²) in [5.74, 6) is 0.900. The van der Waals surface area contributed by atoms with Gasteiger partial charge in [-0.1, -0.05) is 22.0 Å². The summed E-state index contributed by atoms with van der Waals surface area (Å²) < 4.78 is 6.84. The number of ether oxygens (including phenoxy) is 1. The summed E-state index contributed by atoms with van der Waals surface area (Å²) in [6, 6.07) is 5.97. The molecule has 0 spiro atoms. The minimum atomic E-state index is -0.0155. The minimum absolute atomic E-state index is 0.0155. The third kappa shape index (κ3) is 5.23. The summed E-state index contributed by atoms with van der Waals surface area (Å²) in [6.45, 7) is 6.44. The molecule has 0 bridgehead atoms. The fourth-order valence-corrected chi connectivity index (χ4v) is 2.14. The molecule has 1 aromatic carbocycles. The number of halogens is 1. The summed E-state index contributed by atoms with van der Waals surface area (Å²) in [4.78, 5) is 0. The number of benzene rings is 1. The Hall–Kier alpha value is -0.800. The van der Waals surface area contributed by atoms with Crippen LogP contribution in [0.2, 0.25) is 0 Å². The zero-order valence-electron chi connectivity index (χ0n) is 11.0. The van der Waals surface area contributed by atoms with E-state index in [0.29, 0.717) is 0 Å². The fourth-order valence-electron chi connectivity index (χ4n) is 1.76. The lowest BCUT2D eigenvalue weighted by Gasteiger charge is -2.14. The Bertz CT molecular complexity index is 377. The van der Waals surface area contributed by atoms with E-state index in [2.05, 4.69) is 22.5 Å². The Morgan fingerprint density at radius 1 is 1.39 bits per heavy atom. The topological polar surface area (TPSA) is 35.2 Å². The Morgan fingerprint density at radius 3 is 2.83 bits per heavy atom. The van der Waals surface area contributed by atoms with Crippen molar-refractivity contribution in [1.82, 2.24) is 0 Å². The second-order valence-corrected chi connectivity index (χ2v) is 5.37. The summed E-state index contributed by atoms with van der Waals surface area (Å²) >= 11 is 3.45. The Balaban J connectivity index is 2.44. The minimum Gasteiger partial charge on any atom is -0.493 e. The predicted octanol–water partition coefficient (Wildman–Crippen LogP) is 4.59. The lowest BCUT2D eigenvalue weighted by atomic mass is 10.1. The molecule has 3 heteroatoms. The Labute approximate surface area is 118 Å². The van der Waals surface area contributed by atoms with Gasteiger partial charge in [0, 0.05) is 16.1 Å². The zero-order valence-corrected chi connectivity index (χ0v) is 12.6. The van der Waals surface area contributed by atoms with Gasteiger partial charge in [0.2, 0.25) is 0 Å². The molecule has 1 atom stereocenters. The highest BCUT2D eigenvalue weighted by molar-refractivity contribution is 9.10. The molecule has 1 rings (SSSR count). The van der Waals surface area contributed by atoms with Gasteiger partial charge in [0.25, 0.3) is 0 Å². The van der Waals surface area contributed by atoms with E-state index in [1.165, 1.54) is 12.8 Å². The van der Waals surface area contributed by atoms with Crippen LogP contribution in [0.1, 0.15) is 44.2 Å². The van der Waals surface area contributed by atoms with Crippen LogP contribution in [-0.4, -0.2) is 6.61 Å². The molecule has 2 nitrogen and oxygen atoms in total. The maximum Gasteiger partial charge on any atom is 0.124 e. The first-order valence-corrected chi connectivity index (χ1v) is 7.23. The van der Waals surface area contributed by atoms with Crippen LogP contribution >= 0.6 is 15.9 Å². The smallest absolute Gasteiger partial charge is 0.124 e. The molecule has 0 saturated carbocycles. The molecule has 0 saturated heterocycles. The molecule has 0 aromatic heterocycles. The van der Waals surface area contributed by atoms with Gasteiger partial charge in [0.15, 0.2) is 0 Å². The van der Waals surface area contributed by atoms with Gasteiger partial charge >= 0.3 is 0 Å². The quantitative estimate of drug-likeness (QED) is 0.562. The van der Waals surface area contributed by atoms with Crippen LogP contribution < -0.4 is 10.5 Å². The normalized spacial score (nSPS) is 12.2. The first kappa shape index (κ1) is 15.3. The van der Waals surface area contributed by atoms with Gasteiger partial charge in [-0.3, -0.25) is 0 Å². The molecule has 0 aliphatic carbocycles. The monoisotopic (exact) mass is 311 g/mol. The maximum atomic E-state index is 5.94. The molecule has 0 heterocycles. The standard InChI is InChI=1S/C15H22BrNO/c1-3-4-5-6-7-10-18-15-9-8-13(16)11-14(15)12(2)17/h3,8-9,11-12H,1,4-7,10,17H2,2H3/t12-/m0/s1. The van der Waals surface area contributed by atoms with E-state index in [9.17, 15) is 0 Å². The molecule has 0 aliphatic rings. The maximum absolute atomic E-state index is 5.94. The van der Waals surface area contributed by atoms with Crippen molar-refractivity contribution >= 4 is 15.9 Å². The van der Waals surface area contributed by atoms with Gasteiger partial charge in [-0.15, -0.1) is 6.58 Å². The SMILES string of the molecule is C=CCCCCCOc1ccc(Br)cc1[C@H](C)N. The average molecular weight is 312 g/mol. The Kier molecular flexibility index (Phi) is 7.06. The van der Waals surface area contributed by atoms with Gasteiger partial charge in [0.05, 0.1) is 6.61 Å². The van der Waals surface area contributed by atoms with Crippen molar-refractivity contribution in [2.24, 2.45) is 5.73 Å². The third-order valence-corrected chi connectivity index (χ3v) is 3.27. The number of hydrogen-bond donors (Lipinski definition) is 1. The van der Waals surface area contributed by atoms with Crippen LogP contribution in [0, 0.1) is 0 Å². The van der Waals surface area contributed by atoms with Crippen molar-refractivity contribution in [1.29, 1.82) is 0 Å². The molecule has 100 valence electrons. The largest absolute Gasteiger partial charge is 0.493 e. The number of nitrogens with two attached hydrogens (primary N) is 1. The molecule has 2 N–H and O–H groups in total. The second-order valence-electron chi connectivity index (χ2n) is 4.46. The third-order valence-electron chi connectivity index (χ3n) is 2.77. The first-order chi connectivity index (χ1) is 8.65. The molecule has 0 unspecified atom stereocenters. The van der Waals surface area contributed by atoms with Gasteiger partial charge in [-0.25, -0.2) is 0 Å². The number of rotatable bonds is 8. The van der Waals surface area contributed by atoms with Crippen LogP contribution in [0.25, 0.3) is 0 Å². The second kappa shape index (κ2) is 8.33.